The number of hydrogen-bond acceptors (Lipinski definition) is 3. The van der Waals surface area contributed by atoms with Crippen molar-refractivity contribution >= 4 is 10.0 Å². The summed E-state index contributed by atoms with van der Waals surface area (Å²) < 4.78 is 32.9. The van der Waals surface area contributed by atoms with E-state index in [0.717, 1.165) is 29.7 Å². The maximum Gasteiger partial charge on any atom is 0.240 e. The van der Waals surface area contributed by atoms with E-state index in [1.54, 1.807) is 12.1 Å². The Morgan fingerprint density at radius 3 is 2.33 bits per heavy atom. The molecule has 0 saturated heterocycles. The summed E-state index contributed by atoms with van der Waals surface area (Å²) in [5.41, 5.74) is 2.16. The van der Waals surface area contributed by atoms with Gasteiger partial charge in [0.2, 0.25) is 10.0 Å². The molecule has 1 N–H and O–H groups in total. The zero-order valence-electron chi connectivity index (χ0n) is 14.3. The van der Waals surface area contributed by atoms with Gasteiger partial charge in [-0.2, -0.15) is 0 Å². The Bertz CT molecular complexity index is 739. The molecule has 0 amide bonds. The average Bonchev–Trinajstić information content (AvgIpc) is 2.57. The predicted octanol–water partition coefficient (Wildman–Crippen LogP) is 3.56. The Kier molecular flexibility index (Phi) is 6.82. The van der Waals surface area contributed by atoms with E-state index < -0.39 is 10.0 Å². The summed E-state index contributed by atoms with van der Waals surface area (Å²) in [6.07, 6.45) is 2.59. The van der Waals surface area contributed by atoms with E-state index in [0.29, 0.717) is 24.5 Å². The van der Waals surface area contributed by atoms with Gasteiger partial charge in [0.05, 0.1) is 11.5 Å². The SMILES string of the molecule is CCCc1ccc(S(=O)(=O)NCCc2ccccc2OCC)cc1. The van der Waals surface area contributed by atoms with Gasteiger partial charge in [0.15, 0.2) is 0 Å². The Balaban J connectivity index is 1.98. The smallest absolute Gasteiger partial charge is 0.240 e. The van der Waals surface area contributed by atoms with Crippen LogP contribution in [0.1, 0.15) is 31.4 Å². The summed E-state index contributed by atoms with van der Waals surface area (Å²) in [6.45, 7) is 4.96. The lowest BCUT2D eigenvalue weighted by atomic mass is 10.1. The maximum absolute atomic E-state index is 12.4. The first-order valence-corrected chi connectivity index (χ1v) is 9.84. The number of aryl methyl sites for hydroxylation is 1. The van der Waals surface area contributed by atoms with Crippen LogP contribution in [0.5, 0.6) is 5.75 Å². The van der Waals surface area contributed by atoms with Gasteiger partial charge in [-0.25, -0.2) is 13.1 Å². The molecule has 0 spiro atoms. The number of rotatable bonds is 9. The molecule has 5 heteroatoms. The Hall–Kier alpha value is -1.85. The van der Waals surface area contributed by atoms with E-state index in [4.69, 9.17) is 4.74 Å². The van der Waals surface area contributed by atoms with E-state index in [-0.39, 0.29) is 0 Å². The van der Waals surface area contributed by atoms with Crippen LogP contribution in [0.4, 0.5) is 0 Å². The third-order valence-electron chi connectivity index (χ3n) is 3.73. The van der Waals surface area contributed by atoms with Crippen LogP contribution in [-0.4, -0.2) is 21.6 Å². The highest BCUT2D eigenvalue weighted by atomic mass is 32.2. The average molecular weight is 347 g/mol. The third kappa shape index (κ3) is 5.08. The summed E-state index contributed by atoms with van der Waals surface area (Å²) in [7, 11) is -3.48. The van der Waals surface area contributed by atoms with Crippen LogP contribution in [0.3, 0.4) is 0 Å². The molecule has 4 nitrogen and oxygen atoms in total. The molecular formula is C19H25NO3S. The minimum atomic E-state index is -3.48. The van der Waals surface area contributed by atoms with Crippen molar-refractivity contribution in [2.24, 2.45) is 0 Å². The number of hydrogen-bond donors (Lipinski definition) is 1. The summed E-state index contributed by atoms with van der Waals surface area (Å²) in [5, 5.41) is 0. The monoisotopic (exact) mass is 347 g/mol. The van der Waals surface area contributed by atoms with Crippen molar-refractivity contribution in [2.45, 2.75) is 38.0 Å². The van der Waals surface area contributed by atoms with E-state index in [1.807, 2.05) is 43.3 Å². The molecule has 0 bridgehead atoms. The van der Waals surface area contributed by atoms with Crippen LogP contribution in [0.25, 0.3) is 0 Å². The maximum atomic E-state index is 12.4. The summed E-state index contributed by atoms with van der Waals surface area (Å²) in [5.74, 6) is 0.808. The molecule has 0 aliphatic carbocycles. The molecule has 0 unspecified atom stereocenters. The lowest BCUT2D eigenvalue weighted by Crippen LogP contribution is -2.26. The van der Waals surface area contributed by atoms with Crippen LogP contribution in [-0.2, 0) is 22.9 Å². The van der Waals surface area contributed by atoms with E-state index in [1.165, 1.54) is 0 Å². The van der Waals surface area contributed by atoms with Gasteiger partial charge in [0.1, 0.15) is 5.75 Å². The van der Waals surface area contributed by atoms with Crippen molar-refractivity contribution in [2.75, 3.05) is 13.2 Å². The highest BCUT2D eigenvalue weighted by molar-refractivity contribution is 7.89. The topological polar surface area (TPSA) is 55.4 Å². The molecule has 0 aromatic heterocycles. The molecule has 0 aliphatic heterocycles. The van der Waals surface area contributed by atoms with Gasteiger partial charge in [-0.3, -0.25) is 0 Å². The molecular weight excluding hydrogens is 322 g/mol. The predicted molar refractivity (Wildman–Crippen MR) is 96.9 cm³/mol. The van der Waals surface area contributed by atoms with Gasteiger partial charge >= 0.3 is 0 Å². The van der Waals surface area contributed by atoms with Crippen molar-refractivity contribution < 1.29 is 13.2 Å². The molecule has 0 heterocycles. The number of benzene rings is 2. The van der Waals surface area contributed by atoms with Gasteiger partial charge in [-0.1, -0.05) is 43.7 Å². The third-order valence-corrected chi connectivity index (χ3v) is 5.21. The fourth-order valence-corrected chi connectivity index (χ4v) is 3.57. The largest absolute Gasteiger partial charge is 0.494 e. The Morgan fingerprint density at radius 2 is 1.67 bits per heavy atom. The first-order valence-electron chi connectivity index (χ1n) is 8.36. The minimum Gasteiger partial charge on any atom is -0.494 e. The highest BCUT2D eigenvalue weighted by Crippen LogP contribution is 2.18. The zero-order chi connectivity index (χ0) is 17.4. The number of nitrogens with one attached hydrogen (secondary N) is 1. The summed E-state index contributed by atoms with van der Waals surface area (Å²) in [6, 6.07) is 14.8. The molecule has 2 rings (SSSR count). The van der Waals surface area contributed by atoms with Crippen molar-refractivity contribution in [3.63, 3.8) is 0 Å². The van der Waals surface area contributed by atoms with Crippen LogP contribution < -0.4 is 9.46 Å². The van der Waals surface area contributed by atoms with Gasteiger partial charge in [0, 0.05) is 6.54 Å². The number of sulfonamides is 1. The zero-order valence-corrected chi connectivity index (χ0v) is 15.1. The number of para-hydroxylation sites is 1. The second-order valence-electron chi connectivity index (χ2n) is 5.58. The summed E-state index contributed by atoms with van der Waals surface area (Å²) >= 11 is 0. The van der Waals surface area contributed by atoms with Crippen LogP contribution >= 0.6 is 0 Å². The quantitative estimate of drug-likeness (QED) is 0.754. The fraction of sp³-hybridized carbons (Fsp3) is 0.368. The molecule has 2 aromatic carbocycles. The molecule has 0 fully saturated rings. The van der Waals surface area contributed by atoms with Gasteiger partial charge in [-0.15, -0.1) is 0 Å². The molecule has 24 heavy (non-hydrogen) atoms. The molecule has 0 radical (unpaired) electrons. The summed E-state index contributed by atoms with van der Waals surface area (Å²) in [4.78, 5) is 0.306. The van der Waals surface area contributed by atoms with Crippen molar-refractivity contribution in [3.8, 4) is 5.75 Å². The highest BCUT2D eigenvalue weighted by Gasteiger charge is 2.13. The van der Waals surface area contributed by atoms with Crippen molar-refractivity contribution in [3.05, 3.63) is 59.7 Å². The van der Waals surface area contributed by atoms with E-state index >= 15 is 0 Å². The molecule has 2 aromatic rings. The standard InChI is InChI=1S/C19H25NO3S/c1-3-7-16-10-12-18(13-11-16)24(21,22)20-15-14-17-8-5-6-9-19(17)23-4-2/h5-6,8-13,20H,3-4,7,14-15H2,1-2H3. The first kappa shape index (κ1) is 18.5. The van der Waals surface area contributed by atoms with Crippen molar-refractivity contribution in [1.29, 1.82) is 0 Å². The van der Waals surface area contributed by atoms with Crippen LogP contribution in [0, 0.1) is 0 Å². The lowest BCUT2D eigenvalue weighted by Gasteiger charge is -2.11. The molecule has 130 valence electrons. The molecule has 0 saturated carbocycles. The molecule has 0 aliphatic rings. The minimum absolute atomic E-state index is 0.306. The Morgan fingerprint density at radius 1 is 0.958 bits per heavy atom. The lowest BCUT2D eigenvalue weighted by molar-refractivity contribution is 0.336. The second-order valence-corrected chi connectivity index (χ2v) is 7.35. The van der Waals surface area contributed by atoms with Gasteiger partial charge < -0.3 is 4.74 Å². The van der Waals surface area contributed by atoms with E-state index in [9.17, 15) is 8.42 Å². The molecule has 0 atom stereocenters. The first-order chi connectivity index (χ1) is 11.6. The van der Waals surface area contributed by atoms with Gasteiger partial charge in [-0.05, 0) is 49.1 Å². The van der Waals surface area contributed by atoms with E-state index in [2.05, 4.69) is 11.6 Å². The fourth-order valence-electron chi connectivity index (χ4n) is 2.53. The van der Waals surface area contributed by atoms with Crippen LogP contribution in [0.15, 0.2) is 53.4 Å². The van der Waals surface area contributed by atoms with Gasteiger partial charge in [0.25, 0.3) is 0 Å². The second kappa shape index (κ2) is 8.85. The van der Waals surface area contributed by atoms with Crippen LogP contribution in [0.2, 0.25) is 0 Å². The Labute approximate surface area is 144 Å². The number of ether oxygens (including phenoxy) is 1. The normalized spacial score (nSPS) is 11.4. The van der Waals surface area contributed by atoms with Crippen molar-refractivity contribution in [1.82, 2.24) is 4.72 Å².